The molecule has 0 radical (unpaired) electrons. The molecule has 1 unspecified atom stereocenters. The van der Waals surface area contributed by atoms with E-state index < -0.39 is 0 Å². The van der Waals surface area contributed by atoms with E-state index in [2.05, 4.69) is 20.8 Å². The molecule has 0 aromatic rings. The lowest BCUT2D eigenvalue weighted by Crippen LogP contribution is -2.29. The first-order valence-corrected chi connectivity index (χ1v) is 3.85. The molecule has 1 fully saturated rings. The third kappa shape index (κ3) is 1.68. The maximum Gasteiger partial charge on any atom is 0.0576 e. The molecule has 1 heteroatoms. The first-order chi connectivity index (χ1) is 4.20. The molecule has 9 heavy (non-hydrogen) atoms. The molecule has 1 aliphatic rings. The van der Waals surface area contributed by atoms with Crippen LogP contribution in [0, 0.1) is 5.92 Å². The molecule has 3 atom stereocenters. The predicted octanol–water partition coefficient (Wildman–Crippen LogP) is 2.21. The highest BCUT2D eigenvalue weighted by atomic mass is 16.5. The monoisotopic (exact) mass is 128 g/mol. The molecule has 54 valence electrons. The van der Waals surface area contributed by atoms with Crippen molar-refractivity contribution in [1.29, 1.82) is 0 Å². The Balaban J connectivity index is 2.35. The van der Waals surface area contributed by atoms with Crippen molar-refractivity contribution in [2.24, 2.45) is 5.92 Å². The van der Waals surface area contributed by atoms with Gasteiger partial charge in [-0.3, -0.25) is 0 Å². The van der Waals surface area contributed by atoms with Gasteiger partial charge in [-0.05, 0) is 32.6 Å². The summed E-state index contributed by atoms with van der Waals surface area (Å²) in [5.41, 5.74) is 0. The van der Waals surface area contributed by atoms with Gasteiger partial charge in [0, 0.05) is 0 Å². The molecule has 0 N–H and O–H groups in total. The Labute approximate surface area is 57.4 Å². The Kier molecular flexibility index (Phi) is 2.12. The van der Waals surface area contributed by atoms with Crippen molar-refractivity contribution < 1.29 is 4.74 Å². The Morgan fingerprint density at radius 1 is 1.11 bits per heavy atom. The highest BCUT2D eigenvalue weighted by molar-refractivity contribution is 4.70. The molecule has 0 saturated carbocycles. The topological polar surface area (TPSA) is 9.23 Å². The first kappa shape index (κ1) is 7.07. The van der Waals surface area contributed by atoms with Crippen LogP contribution in [-0.2, 0) is 4.74 Å². The summed E-state index contributed by atoms with van der Waals surface area (Å²) < 4.78 is 5.60. The maximum atomic E-state index is 5.60. The molecule has 1 aliphatic heterocycles. The number of hydrogen-bond donors (Lipinski definition) is 0. The van der Waals surface area contributed by atoms with Gasteiger partial charge in [0.1, 0.15) is 0 Å². The van der Waals surface area contributed by atoms with Crippen molar-refractivity contribution in [2.75, 3.05) is 0 Å². The van der Waals surface area contributed by atoms with E-state index in [0.717, 1.165) is 5.92 Å². The average Bonchev–Trinajstić information content (AvgIpc) is 1.80. The molecular formula is C8H16O. The van der Waals surface area contributed by atoms with Crippen LogP contribution in [0.3, 0.4) is 0 Å². The van der Waals surface area contributed by atoms with E-state index in [-0.39, 0.29) is 0 Å². The molecule has 0 aromatic carbocycles. The minimum Gasteiger partial charge on any atom is -0.375 e. The standard InChI is InChI=1S/C8H16O/c1-6-4-5-7(2)9-8(6)3/h6-8H,4-5H2,1-3H3/t6-,7?,8+/m0/s1. The van der Waals surface area contributed by atoms with E-state index >= 15 is 0 Å². The SMILES string of the molecule is CC1CC[C@H](C)[C@@H](C)O1. The maximum absolute atomic E-state index is 5.60. The van der Waals surface area contributed by atoms with Gasteiger partial charge in [-0.15, -0.1) is 0 Å². The summed E-state index contributed by atoms with van der Waals surface area (Å²) in [5.74, 6) is 0.765. The van der Waals surface area contributed by atoms with Gasteiger partial charge in [-0.1, -0.05) is 6.92 Å². The predicted molar refractivity (Wildman–Crippen MR) is 38.4 cm³/mol. The summed E-state index contributed by atoms with van der Waals surface area (Å²) in [6.45, 7) is 6.58. The molecular weight excluding hydrogens is 112 g/mol. The molecule has 0 aliphatic carbocycles. The zero-order chi connectivity index (χ0) is 6.85. The quantitative estimate of drug-likeness (QED) is 0.486. The zero-order valence-corrected chi connectivity index (χ0v) is 6.55. The third-order valence-corrected chi connectivity index (χ3v) is 2.28. The molecule has 1 saturated heterocycles. The van der Waals surface area contributed by atoms with Gasteiger partial charge in [-0.2, -0.15) is 0 Å². The van der Waals surface area contributed by atoms with E-state index in [4.69, 9.17) is 4.74 Å². The fourth-order valence-electron chi connectivity index (χ4n) is 1.30. The van der Waals surface area contributed by atoms with Gasteiger partial charge >= 0.3 is 0 Å². The van der Waals surface area contributed by atoms with Crippen LogP contribution < -0.4 is 0 Å². The van der Waals surface area contributed by atoms with Crippen LogP contribution in [0.25, 0.3) is 0 Å². The lowest BCUT2D eigenvalue weighted by atomic mass is 9.95. The van der Waals surface area contributed by atoms with E-state index in [9.17, 15) is 0 Å². The van der Waals surface area contributed by atoms with Crippen LogP contribution in [0.15, 0.2) is 0 Å². The van der Waals surface area contributed by atoms with Gasteiger partial charge in [0.2, 0.25) is 0 Å². The highest BCUT2D eigenvalue weighted by Crippen LogP contribution is 2.23. The smallest absolute Gasteiger partial charge is 0.0576 e. The summed E-state index contributed by atoms with van der Waals surface area (Å²) in [6.07, 6.45) is 3.55. The Morgan fingerprint density at radius 2 is 1.78 bits per heavy atom. The lowest BCUT2D eigenvalue weighted by Gasteiger charge is -2.30. The van der Waals surface area contributed by atoms with E-state index in [1.165, 1.54) is 12.8 Å². The summed E-state index contributed by atoms with van der Waals surface area (Å²) in [5, 5.41) is 0. The molecule has 0 spiro atoms. The Hall–Kier alpha value is -0.0400. The average molecular weight is 128 g/mol. The fourth-order valence-corrected chi connectivity index (χ4v) is 1.30. The van der Waals surface area contributed by atoms with Crippen LogP contribution >= 0.6 is 0 Å². The summed E-state index contributed by atoms with van der Waals surface area (Å²) in [4.78, 5) is 0. The van der Waals surface area contributed by atoms with Gasteiger partial charge in [0.25, 0.3) is 0 Å². The van der Waals surface area contributed by atoms with Crippen molar-refractivity contribution in [3.05, 3.63) is 0 Å². The molecule has 0 bridgehead atoms. The normalized spacial score (nSPS) is 45.0. The number of hydrogen-bond acceptors (Lipinski definition) is 1. The van der Waals surface area contributed by atoms with Gasteiger partial charge < -0.3 is 4.74 Å². The summed E-state index contributed by atoms with van der Waals surface area (Å²) in [7, 11) is 0. The van der Waals surface area contributed by atoms with Gasteiger partial charge in [0.05, 0.1) is 12.2 Å². The second-order valence-electron chi connectivity index (χ2n) is 3.21. The molecule has 0 aromatic heterocycles. The molecule has 1 rings (SSSR count). The van der Waals surface area contributed by atoms with Crippen LogP contribution in [0.4, 0.5) is 0 Å². The second-order valence-corrected chi connectivity index (χ2v) is 3.21. The Morgan fingerprint density at radius 3 is 2.22 bits per heavy atom. The number of rotatable bonds is 0. The highest BCUT2D eigenvalue weighted by Gasteiger charge is 2.21. The van der Waals surface area contributed by atoms with E-state index in [1.807, 2.05) is 0 Å². The van der Waals surface area contributed by atoms with E-state index in [1.54, 1.807) is 0 Å². The van der Waals surface area contributed by atoms with Crippen molar-refractivity contribution in [1.82, 2.24) is 0 Å². The summed E-state index contributed by atoms with van der Waals surface area (Å²) in [6, 6.07) is 0. The van der Waals surface area contributed by atoms with Crippen LogP contribution in [0.2, 0.25) is 0 Å². The third-order valence-electron chi connectivity index (χ3n) is 2.28. The lowest BCUT2D eigenvalue weighted by molar-refractivity contribution is -0.0594. The van der Waals surface area contributed by atoms with Crippen LogP contribution in [0.5, 0.6) is 0 Å². The van der Waals surface area contributed by atoms with Crippen molar-refractivity contribution in [3.63, 3.8) is 0 Å². The number of ether oxygens (including phenoxy) is 1. The second kappa shape index (κ2) is 2.70. The van der Waals surface area contributed by atoms with Crippen LogP contribution in [0.1, 0.15) is 33.6 Å². The largest absolute Gasteiger partial charge is 0.375 e. The fraction of sp³-hybridized carbons (Fsp3) is 1.00. The van der Waals surface area contributed by atoms with Gasteiger partial charge in [-0.25, -0.2) is 0 Å². The Bertz CT molecular complexity index is 90.6. The van der Waals surface area contributed by atoms with E-state index in [0.29, 0.717) is 12.2 Å². The minimum absolute atomic E-state index is 0.480. The summed E-state index contributed by atoms with van der Waals surface area (Å²) >= 11 is 0. The zero-order valence-electron chi connectivity index (χ0n) is 6.55. The molecule has 1 heterocycles. The molecule has 0 amide bonds. The van der Waals surface area contributed by atoms with Crippen molar-refractivity contribution in [2.45, 2.75) is 45.8 Å². The minimum atomic E-state index is 0.480. The van der Waals surface area contributed by atoms with Crippen molar-refractivity contribution in [3.8, 4) is 0 Å². The van der Waals surface area contributed by atoms with Crippen LogP contribution in [-0.4, -0.2) is 12.2 Å². The molecule has 1 nitrogen and oxygen atoms in total. The van der Waals surface area contributed by atoms with Gasteiger partial charge in [0.15, 0.2) is 0 Å². The van der Waals surface area contributed by atoms with Crippen molar-refractivity contribution >= 4 is 0 Å². The first-order valence-electron chi connectivity index (χ1n) is 3.85.